The number of nitrogens with two attached hydrogens (primary N) is 1. The predicted octanol–water partition coefficient (Wildman–Crippen LogP) is 0.702. The molecule has 0 heterocycles. The summed E-state index contributed by atoms with van der Waals surface area (Å²) >= 11 is 0. The number of carboxylic acids is 1. The smallest absolute Gasteiger partial charge is 0.408 e. The largest absolute Gasteiger partial charge is 0.480 e. The van der Waals surface area contributed by atoms with Crippen molar-refractivity contribution in [3.05, 3.63) is 0 Å². The number of aliphatic carboxylic acids is 1. The highest BCUT2D eigenvalue weighted by Gasteiger charge is 2.24. The lowest BCUT2D eigenvalue weighted by Crippen LogP contribution is -2.45. The van der Waals surface area contributed by atoms with Gasteiger partial charge in [0, 0.05) is 6.04 Å². The zero-order valence-electron chi connectivity index (χ0n) is 10.1. The molecule has 0 aromatic heterocycles. The molecular weight excluding hydrogens is 212 g/mol. The maximum absolute atomic E-state index is 11.3. The minimum Gasteiger partial charge on any atom is -0.480 e. The van der Waals surface area contributed by atoms with Crippen molar-refractivity contribution in [2.24, 2.45) is 5.73 Å². The van der Waals surface area contributed by atoms with Crippen LogP contribution in [-0.2, 0) is 9.53 Å². The van der Waals surface area contributed by atoms with Crippen LogP contribution < -0.4 is 11.1 Å². The first-order valence-electron chi connectivity index (χ1n) is 5.09. The fourth-order valence-corrected chi connectivity index (χ4v) is 1.04. The van der Waals surface area contributed by atoms with Gasteiger partial charge < -0.3 is 20.9 Å². The standard InChI is InChI=1S/C10H20N2O4/c1-6(11)5-7(8(13)14)12-9(15)16-10(2,3)4/h6-7H,5,11H2,1-4H3,(H,12,15)(H,13,14)/t6?,7-/m0/s1. The number of hydrogen-bond acceptors (Lipinski definition) is 4. The minimum atomic E-state index is -1.12. The maximum Gasteiger partial charge on any atom is 0.408 e. The molecule has 1 unspecified atom stereocenters. The zero-order valence-corrected chi connectivity index (χ0v) is 10.1. The SMILES string of the molecule is CC(N)C[C@H](NC(=O)OC(C)(C)C)C(=O)O. The lowest BCUT2D eigenvalue weighted by atomic mass is 10.1. The van der Waals surface area contributed by atoms with Gasteiger partial charge >= 0.3 is 12.1 Å². The van der Waals surface area contributed by atoms with Crippen molar-refractivity contribution in [1.29, 1.82) is 0 Å². The molecular formula is C10H20N2O4. The van der Waals surface area contributed by atoms with Gasteiger partial charge in [0.1, 0.15) is 11.6 Å². The molecule has 0 fully saturated rings. The fourth-order valence-electron chi connectivity index (χ4n) is 1.04. The van der Waals surface area contributed by atoms with Crippen LogP contribution in [0.2, 0.25) is 0 Å². The lowest BCUT2D eigenvalue weighted by molar-refractivity contribution is -0.139. The minimum absolute atomic E-state index is 0.161. The van der Waals surface area contributed by atoms with Gasteiger partial charge in [-0.05, 0) is 34.1 Å². The van der Waals surface area contributed by atoms with E-state index >= 15 is 0 Å². The summed E-state index contributed by atoms with van der Waals surface area (Å²) in [7, 11) is 0. The fraction of sp³-hybridized carbons (Fsp3) is 0.800. The number of carboxylic acid groups (broad SMARTS) is 1. The van der Waals surface area contributed by atoms with E-state index in [0.717, 1.165) is 0 Å². The van der Waals surface area contributed by atoms with Gasteiger partial charge in [0.05, 0.1) is 0 Å². The van der Waals surface area contributed by atoms with Gasteiger partial charge in [-0.25, -0.2) is 9.59 Å². The van der Waals surface area contributed by atoms with Crippen LogP contribution in [0.15, 0.2) is 0 Å². The number of ether oxygens (including phenoxy) is 1. The monoisotopic (exact) mass is 232 g/mol. The van der Waals surface area contributed by atoms with Crippen LogP contribution in [-0.4, -0.2) is 34.9 Å². The number of nitrogens with one attached hydrogen (secondary N) is 1. The molecule has 94 valence electrons. The second kappa shape index (κ2) is 5.69. The molecule has 0 saturated heterocycles. The molecule has 6 heteroatoms. The van der Waals surface area contributed by atoms with Gasteiger partial charge in [-0.3, -0.25) is 0 Å². The van der Waals surface area contributed by atoms with Gasteiger partial charge in [-0.2, -0.15) is 0 Å². The third-order valence-electron chi connectivity index (χ3n) is 1.60. The van der Waals surface area contributed by atoms with E-state index in [1.807, 2.05) is 0 Å². The normalized spacial score (nSPS) is 15.1. The van der Waals surface area contributed by atoms with E-state index in [0.29, 0.717) is 0 Å². The Balaban J connectivity index is 4.30. The molecule has 0 aliphatic rings. The topological polar surface area (TPSA) is 102 Å². The van der Waals surface area contributed by atoms with E-state index in [9.17, 15) is 9.59 Å². The summed E-state index contributed by atoms with van der Waals surface area (Å²) in [5, 5.41) is 11.1. The second-order valence-electron chi connectivity index (χ2n) is 4.75. The lowest BCUT2D eigenvalue weighted by Gasteiger charge is -2.22. The Bertz CT molecular complexity index is 258. The summed E-state index contributed by atoms with van der Waals surface area (Å²) in [6, 6.07) is -1.33. The van der Waals surface area contributed by atoms with Crippen LogP contribution in [0.1, 0.15) is 34.1 Å². The second-order valence-corrected chi connectivity index (χ2v) is 4.75. The summed E-state index contributed by atoms with van der Waals surface area (Å²) in [4.78, 5) is 22.1. The van der Waals surface area contributed by atoms with Gasteiger partial charge in [0.2, 0.25) is 0 Å². The molecule has 6 nitrogen and oxygen atoms in total. The maximum atomic E-state index is 11.3. The van der Waals surface area contributed by atoms with Crippen molar-refractivity contribution >= 4 is 12.1 Å². The Hall–Kier alpha value is -1.30. The van der Waals surface area contributed by atoms with Gasteiger partial charge in [-0.15, -0.1) is 0 Å². The van der Waals surface area contributed by atoms with Crippen LogP contribution in [0.4, 0.5) is 4.79 Å². The molecule has 0 aliphatic carbocycles. The molecule has 1 amide bonds. The summed E-state index contributed by atoms with van der Waals surface area (Å²) in [6.07, 6.45) is -0.588. The highest BCUT2D eigenvalue weighted by atomic mass is 16.6. The number of amides is 1. The Morgan fingerprint density at radius 3 is 2.25 bits per heavy atom. The first-order chi connectivity index (χ1) is 7.11. The molecule has 16 heavy (non-hydrogen) atoms. The summed E-state index contributed by atoms with van der Waals surface area (Å²) in [5.74, 6) is -1.12. The van der Waals surface area contributed by atoms with E-state index in [1.165, 1.54) is 0 Å². The van der Waals surface area contributed by atoms with E-state index in [2.05, 4.69) is 5.32 Å². The summed E-state index contributed by atoms with van der Waals surface area (Å²) in [5.41, 5.74) is 4.83. The number of rotatable bonds is 4. The molecule has 4 N–H and O–H groups in total. The highest BCUT2D eigenvalue weighted by molar-refractivity contribution is 5.80. The Kier molecular flexibility index (Phi) is 5.23. The van der Waals surface area contributed by atoms with E-state index in [-0.39, 0.29) is 12.5 Å². The van der Waals surface area contributed by atoms with E-state index in [1.54, 1.807) is 27.7 Å². The van der Waals surface area contributed by atoms with Crippen LogP contribution in [0.3, 0.4) is 0 Å². The third-order valence-corrected chi connectivity index (χ3v) is 1.60. The number of alkyl carbamates (subject to hydrolysis) is 1. The molecule has 0 aromatic carbocycles. The summed E-state index contributed by atoms with van der Waals surface area (Å²) in [6.45, 7) is 6.78. The van der Waals surface area contributed by atoms with Crippen molar-refractivity contribution in [3.8, 4) is 0 Å². The van der Waals surface area contributed by atoms with Crippen molar-refractivity contribution < 1.29 is 19.4 Å². The highest BCUT2D eigenvalue weighted by Crippen LogP contribution is 2.07. The Labute approximate surface area is 95.1 Å². The zero-order chi connectivity index (χ0) is 12.9. The van der Waals surface area contributed by atoms with Crippen LogP contribution >= 0.6 is 0 Å². The molecule has 0 radical (unpaired) electrons. The van der Waals surface area contributed by atoms with Crippen LogP contribution in [0.5, 0.6) is 0 Å². The molecule has 0 spiro atoms. The number of carbonyl (C=O) groups excluding carboxylic acids is 1. The third kappa shape index (κ3) is 7.05. The number of carbonyl (C=O) groups is 2. The Morgan fingerprint density at radius 2 is 1.94 bits per heavy atom. The van der Waals surface area contributed by atoms with Gasteiger partial charge in [0.25, 0.3) is 0 Å². The average molecular weight is 232 g/mol. The van der Waals surface area contributed by atoms with Crippen molar-refractivity contribution in [3.63, 3.8) is 0 Å². The number of hydrogen-bond donors (Lipinski definition) is 3. The first-order valence-corrected chi connectivity index (χ1v) is 5.09. The molecule has 0 bridgehead atoms. The molecule has 0 rings (SSSR count). The molecule has 0 aliphatic heterocycles. The first kappa shape index (κ1) is 14.7. The van der Waals surface area contributed by atoms with Crippen molar-refractivity contribution in [2.45, 2.75) is 51.8 Å². The quantitative estimate of drug-likeness (QED) is 0.662. The molecule has 2 atom stereocenters. The average Bonchev–Trinajstić information content (AvgIpc) is 1.97. The summed E-state index contributed by atoms with van der Waals surface area (Å²) < 4.78 is 4.95. The molecule has 0 aromatic rings. The van der Waals surface area contributed by atoms with Crippen molar-refractivity contribution in [2.75, 3.05) is 0 Å². The van der Waals surface area contributed by atoms with Crippen LogP contribution in [0.25, 0.3) is 0 Å². The Morgan fingerprint density at radius 1 is 1.44 bits per heavy atom. The van der Waals surface area contributed by atoms with E-state index in [4.69, 9.17) is 15.6 Å². The van der Waals surface area contributed by atoms with Gasteiger partial charge in [0.15, 0.2) is 0 Å². The predicted molar refractivity (Wildman–Crippen MR) is 59.1 cm³/mol. The van der Waals surface area contributed by atoms with Crippen LogP contribution in [0, 0.1) is 0 Å². The molecule has 0 saturated carbocycles. The van der Waals surface area contributed by atoms with Gasteiger partial charge in [-0.1, -0.05) is 0 Å². The van der Waals surface area contributed by atoms with Crippen molar-refractivity contribution in [1.82, 2.24) is 5.32 Å². The van der Waals surface area contributed by atoms with E-state index < -0.39 is 23.7 Å².